The van der Waals surface area contributed by atoms with Crippen molar-refractivity contribution in [2.75, 3.05) is 13.1 Å². The van der Waals surface area contributed by atoms with E-state index in [4.69, 9.17) is 4.42 Å². The van der Waals surface area contributed by atoms with Gasteiger partial charge < -0.3 is 9.73 Å². The molecule has 1 aliphatic carbocycles. The zero-order chi connectivity index (χ0) is 17.6. The maximum atomic E-state index is 12.9. The van der Waals surface area contributed by atoms with Gasteiger partial charge in [0.25, 0.3) is 0 Å². The van der Waals surface area contributed by atoms with Gasteiger partial charge in [0.15, 0.2) is 5.58 Å². The van der Waals surface area contributed by atoms with Crippen LogP contribution in [0.15, 0.2) is 32.3 Å². The second-order valence-corrected chi connectivity index (χ2v) is 8.60. The van der Waals surface area contributed by atoms with Crippen molar-refractivity contribution in [3.05, 3.63) is 28.7 Å². The minimum absolute atomic E-state index is 0.0607. The quantitative estimate of drug-likeness (QED) is 0.832. The Bertz CT molecular complexity index is 973. The second kappa shape index (κ2) is 5.99. The summed E-state index contributed by atoms with van der Waals surface area (Å²) in [5, 5.41) is 2.95. The third-order valence-corrected chi connectivity index (χ3v) is 6.57. The van der Waals surface area contributed by atoms with Gasteiger partial charge in [0.1, 0.15) is 0 Å². The summed E-state index contributed by atoms with van der Waals surface area (Å²) in [6, 6.07) is 4.56. The minimum Gasteiger partial charge on any atom is -0.408 e. The van der Waals surface area contributed by atoms with E-state index >= 15 is 0 Å². The number of benzene rings is 1. The molecule has 0 spiro atoms. The monoisotopic (exact) mass is 365 g/mol. The lowest BCUT2D eigenvalue weighted by molar-refractivity contribution is -0.126. The van der Waals surface area contributed by atoms with E-state index in [0.29, 0.717) is 24.9 Å². The maximum absolute atomic E-state index is 12.9. The topological polar surface area (TPSA) is 112 Å². The van der Waals surface area contributed by atoms with E-state index in [1.807, 2.05) is 0 Å². The van der Waals surface area contributed by atoms with Gasteiger partial charge in [-0.2, -0.15) is 4.31 Å². The van der Waals surface area contributed by atoms with Crippen molar-refractivity contribution in [3.63, 3.8) is 0 Å². The van der Waals surface area contributed by atoms with Gasteiger partial charge in [-0.1, -0.05) is 0 Å². The normalized spacial score (nSPS) is 22.2. The van der Waals surface area contributed by atoms with E-state index in [9.17, 15) is 18.0 Å². The highest BCUT2D eigenvalue weighted by Crippen LogP contribution is 2.27. The molecule has 9 heteroatoms. The molecule has 2 aliphatic rings. The number of piperidine rings is 1. The van der Waals surface area contributed by atoms with E-state index in [1.165, 1.54) is 22.5 Å². The Labute approximate surface area is 144 Å². The van der Waals surface area contributed by atoms with E-state index in [-0.39, 0.29) is 34.9 Å². The molecule has 2 N–H and O–H groups in total. The van der Waals surface area contributed by atoms with Crippen molar-refractivity contribution in [1.82, 2.24) is 14.6 Å². The molecule has 1 atom stereocenters. The van der Waals surface area contributed by atoms with Crippen LogP contribution in [-0.4, -0.2) is 42.7 Å². The molecule has 1 aromatic heterocycles. The molecule has 0 bridgehead atoms. The molecule has 0 radical (unpaired) electrons. The summed E-state index contributed by atoms with van der Waals surface area (Å²) in [5.74, 6) is -1.01. The highest BCUT2D eigenvalue weighted by Gasteiger charge is 2.35. The lowest BCUT2D eigenvalue weighted by Gasteiger charge is -2.31. The fourth-order valence-electron chi connectivity index (χ4n) is 3.16. The molecule has 8 nitrogen and oxygen atoms in total. The standard InChI is InChI=1S/C16H19N3O5S/c20-15(17-11-3-4-11)10-2-1-7-19(9-10)25(22,23)12-5-6-13-14(8-12)24-16(21)18-13/h5-6,8,10-11H,1-4,7,9H2,(H,17,20)(H,18,21). The Hall–Kier alpha value is -2.13. The predicted octanol–water partition coefficient (Wildman–Crippen LogP) is 0.800. The van der Waals surface area contributed by atoms with Crippen LogP contribution in [-0.2, 0) is 14.8 Å². The summed E-state index contributed by atoms with van der Waals surface area (Å²) >= 11 is 0. The molecule has 4 rings (SSSR count). The Morgan fingerprint density at radius 3 is 2.84 bits per heavy atom. The zero-order valence-corrected chi connectivity index (χ0v) is 14.3. The molecular weight excluding hydrogens is 346 g/mol. The van der Waals surface area contributed by atoms with Crippen LogP contribution in [0.2, 0.25) is 0 Å². The number of H-pyrrole nitrogens is 1. The van der Waals surface area contributed by atoms with Gasteiger partial charge in [-0.15, -0.1) is 0 Å². The van der Waals surface area contributed by atoms with Crippen LogP contribution in [0.5, 0.6) is 0 Å². The fourth-order valence-corrected chi connectivity index (χ4v) is 4.70. The number of hydrogen-bond donors (Lipinski definition) is 2. The number of nitrogens with zero attached hydrogens (tertiary/aromatic N) is 1. The van der Waals surface area contributed by atoms with Gasteiger partial charge in [0, 0.05) is 25.2 Å². The number of hydrogen-bond acceptors (Lipinski definition) is 5. The molecule has 134 valence electrons. The summed E-state index contributed by atoms with van der Waals surface area (Å²) in [5.41, 5.74) is 0.649. The van der Waals surface area contributed by atoms with Crippen LogP contribution in [0.1, 0.15) is 25.7 Å². The number of fused-ring (bicyclic) bond motifs is 1. The lowest BCUT2D eigenvalue weighted by Crippen LogP contribution is -2.45. The van der Waals surface area contributed by atoms with E-state index < -0.39 is 15.8 Å². The van der Waals surface area contributed by atoms with Gasteiger partial charge in [-0.3, -0.25) is 9.78 Å². The van der Waals surface area contributed by atoms with Crippen LogP contribution in [0, 0.1) is 5.92 Å². The first-order valence-corrected chi connectivity index (χ1v) is 9.81. The van der Waals surface area contributed by atoms with Crippen LogP contribution >= 0.6 is 0 Å². The lowest BCUT2D eigenvalue weighted by atomic mass is 9.99. The first-order valence-electron chi connectivity index (χ1n) is 8.37. The van der Waals surface area contributed by atoms with Gasteiger partial charge in [-0.25, -0.2) is 13.2 Å². The summed E-state index contributed by atoms with van der Waals surface area (Å²) < 4.78 is 32.1. The molecule has 2 heterocycles. The number of amides is 1. The molecular formula is C16H19N3O5S. The second-order valence-electron chi connectivity index (χ2n) is 6.66. The third-order valence-electron chi connectivity index (χ3n) is 4.71. The SMILES string of the molecule is O=C(NC1CC1)C1CCCN(S(=O)(=O)c2ccc3[nH]c(=O)oc3c2)C1. The highest BCUT2D eigenvalue weighted by molar-refractivity contribution is 7.89. The molecule has 1 unspecified atom stereocenters. The predicted molar refractivity (Wildman–Crippen MR) is 89.5 cm³/mol. The number of sulfonamides is 1. The van der Waals surface area contributed by atoms with Crippen LogP contribution < -0.4 is 11.1 Å². The molecule has 2 fully saturated rings. The Kier molecular flexibility index (Phi) is 3.92. The molecule has 1 saturated heterocycles. The first-order chi connectivity index (χ1) is 11.9. The zero-order valence-electron chi connectivity index (χ0n) is 13.5. The number of oxazole rings is 1. The molecule has 1 aliphatic heterocycles. The van der Waals surface area contributed by atoms with Crippen molar-refractivity contribution >= 4 is 27.0 Å². The first kappa shape index (κ1) is 16.3. The van der Waals surface area contributed by atoms with Crippen LogP contribution in [0.25, 0.3) is 11.1 Å². The maximum Gasteiger partial charge on any atom is 0.417 e. The smallest absolute Gasteiger partial charge is 0.408 e. The average molecular weight is 365 g/mol. The fraction of sp³-hybridized carbons (Fsp3) is 0.500. The summed E-state index contributed by atoms with van der Waals surface area (Å²) in [4.78, 5) is 26.0. The number of aromatic amines is 1. The summed E-state index contributed by atoms with van der Waals surface area (Å²) in [6.45, 7) is 0.556. The molecule has 1 saturated carbocycles. The molecule has 25 heavy (non-hydrogen) atoms. The highest BCUT2D eigenvalue weighted by atomic mass is 32.2. The third kappa shape index (κ3) is 3.21. The van der Waals surface area contributed by atoms with Gasteiger partial charge in [0.2, 0.25) is 15.9 Å². The van der Waals surface area contributed by atoms with E-state index in [1.54, 1.807) is 0 Å². The molecule has 2 aromatic rings. The van der Waals surface area contributed by atoms with Crippen molar-refractivity contribution in [2.24, 2.45) is 5.92 Å². The largest absolute Gasteiger partial charge is 0.417 e. The Balaban J connectivity index is 1.57. The van der Waals surface area contributed by atoms with Crippen LogP contribution in [0.4, 0.5) is 0 Å². The van der Waals surface area contributed by atoms with Crippen molar-refractivity contribution in [1.29, 1.82) is 0 Å². The van der Waals surface area contributed by atoms with E-state index in [2.05, 4.69) is 10.3 Å². The van der Waals surface area contributed by atoms with Gasteiger partial charge in [-0.05, 0) is 37.8 Å². The van der Waals surface area contributed by atoms with Crippen molar-refractivity contribution in [2.45, 2.75) is 36.6 Å². The number of carbonyl (C=O) groups is 1. The van der Waals surface area contributed by atoms with Crippen molar-refractivity contribution < 1.29 is 17.6 Å². The van der Waals surface area contributed by atoms with E-state index in [0.717, 1.165) is 12.8 Å². The number of carbonyl (C=O) groups excluding carboxylic acids is 1. The summed E-state index contributed by atoms with van der Waals surface area (Å²) in [6.07, 6.45) is 3.34. The van der Waals surface area contributed by atoms with Gasteiger partial charge in [0.05, 0.1) is 16.3 Å². The Morgan fingerprint density at radius 1 is 1.28 bits per heavy atom. The molecule has 1 amide bonds. The molecule has 1 aromatic carbocycles. The average Bonchev–Trinajstić information content (AvgIpc) is 3.32. The minimum atomic E-state index is -3.75. The number of rotatable bonds is 4. The van der Waals surface area contributed by atoms with Crippen LogP contribution in [0.3, 0.4) is 0 Å². The number of nitrogens with one attached hydrogen (secondary N) is 2. The van der Waals surface area contributed by atoms with Crippen molar-refractivity contribution in [3.8, 4) is 0 Å². The Morgan fingerprint density at radius 2 is 2.08 bits per heavy atom. The van der Waals surface area contributed by atoms with Gasteiger partial charge >= 0.3 is 5.76 Å². The number of aromatic nitrogens is 1. The summed E-state index contributed by atoms with van der Waals surface area (Å²) in [7, 11) is -3.75.